The van der Waals surface area contributed by atoms with Crippen molar-refractivity contribution in [3.63, 3.8) is 0 Å². The number of nitrogens with two attached hydrogens (primary N) is 1. The van der Waals surface area contributed by atoms with Gasteiger partial charge in [-0.3, -0.25) is 9.10 Å². The number of nitrogens with one attached hydrogen (secondary N) is 1. The van der Waals surface area contributed by atoms with Crippen LogP contribution < -0.4 is 15.4 Å². The van der Waals surface area contributed by atoms with Crippen LogP contribution in [0.1, 0.15) is 17.3 Å². The van der Waals surface area contributed by atoms with Gasteiger partial charge in [0, 0.05) is 19.2 Å². The summed E-state index contributed by atoms with van der Waals surface area (Å²) in [5, 5.41) is 2.78. The molecular weight excluding hydrogens is 374 g/mol. The summed E-state index contributed by atoms with van der Waals surface area (Å²) in [6.45, 7) is 2.91. The van der Waals surface area contributed by atoms with Crippen molar-refractivity contribution in [2.75, 3.05) is 24.4 Å². The largest absolute Gasteiger partial charge is 0.352 e. The minimum absolute atomic E-state index is 0. The van der Waals surface area contributed by atoms with Gasteiger partial charge in [-0.15, -0.1) is 12.4 Å². The van der Waals surface area contributed by atoms with Crippen LogP contribution in [0.25, 0.3) is 0 Å². The minimum atomic E-state index is -3.68. The van der Waals surface area contributed by atoms with Gasteiger partial charge in [-0.2, -0.15) is 0 Å². The molecule has 26 heavy (non-hydrogen) atoms. The quantitative estimate of drug-likeness (QED) is 0.749. The first kappa shape index (κ1) is 22.0. The van der Waals surface area contributed by atoms with Gasteiger partial charge < -0.3 is 11.1 Å². The highest BCUT2D eigenvalue weighted by Crippen LogP contribution is 2.21. The molecule has 0 heterocycles. The Morgan fingerprint density at radius 2 is 1.69 bits per heavy atom. The molecule has 8 heteroatoms. The van der Waals surface area contributed by atoms with Gasteiger partial charge in [0.1, 0.15) is 0 Å². The van der Waals surface area contributed by atoms with E-state index in [0.717, 1.165) is 0 Å². The predicted molar refractivity (Wildman–Crippen MR) is 106 cm³/mol. The Morgan fingerprint density at radius 3 is 2.23 bits per heavy atom. The smallest absolute Gasteiger partial charge is 0.264 e. The van der Waals surface area contributed by atoms with Crippen molar-refractivity contribution in [1.82, 2.24) is 5.32 Å². The van der Waals surface area contributed by atoms with Crippen LogP contribution in [-0.2, 0) is 10.0 Å². The first-order valence-corrected chi connectivity index (χ1v) is 9.42. The minimum Gasteiger partial charge on any atom is -0.352 e. The topological polar surface area (TPSA) is 92.5 Å². The number of para-hydroxylation sites is 1. The van der Waals surface area contributed by atoms with Gasteiger partial charge in [-0.1, -0.05) is 25.1 Å². The normalized spacial score (nSPS) is 12.0. The summed E-state index contributed by atoms with van der Waals surface area (Å²) < 4.78 is 26.6. The van der Waals surface area contributed by atoms with Gasteiger partial charge in [0.2, 0.25) is 0 Å². The fourth-order valence-corrected chi connectivity index (χ4v) is 3.36. The molecule has 0 radical (unpaired) electrons. The number of carbonyl (C=O) groups is 1. The molecule has 0 saturated carbocycles. The van der Waals surface area contributed by atoms with Crippen LogP contribution >= 0.6 is 12.4 Å². The molecule has 0 bridgehead atoms. The van der Waals surface area contributed by atoms with Crippen molar-refractivity contribution in [2.24, 2.45) is 11.7 Å². The van der Waals surface area contributed by atoms with Crippen LogP contribution in [0.3, 0.4) is 0 Å². The molecule has 0 saturated heterocycles. The van der Waals surface area contributed by atoms with E-state index in [9.17, 15) is 13.2 Å². The van der Waals surface area contributed by atoms with Crippen LogP contribution in [0.15, 0.2) is 59.5 Å². The van der Waals surface area contributed by atoms with Crippen molar-refractivity contribution < 1.29 is 13.2 Å². The van der Waals surface area contributed by atoms with Crippen molar-refractivity contribution in [3.05, 3.63) is 60.2 Å². The van der Waals surface area contributed by atoms with Crippen LogP contribution in [0, 0.1) is 5.92 Å². The van der Waals surface area contributed by atoms with E-state index in [1.54, 1.807) is 24.3 Å². The number of rotatable bonds is 7. The number of nitrogens with zero attached hydrogens (tertiary/aromatic N) is 1. The lowest BCUT2D eigenvalue weighted by atomic mass is 10.1. The average Bonchev–Trinajstić information content (AvgIpc) is 2.65. The number of sulfonamides is 1. The molecule has 0 aliphatic heterocycles. The second kappa shape index (κ2) is 9.56. The number of hydrogen-bond acceptors (Lipinski definition) is 4. The van der Waals surface area contributed by atoms with Gasteiger partial charge >= 0.3 is 0 Å². The third-order valence-electron chi connectivity index (χ3n) is 3.91. The molecule has 6 nitrogen and oxygen atoms in total. The first-order valence-electron chi connectivity index (χ1n) is 7.98. The van der Waals surface area contributed by atoms with Crippen LogP contribution in [0.2, 0.25) is 0 Å². The number of benzene rings is 2. The van der Waals surface area contributed by atoms with Crippen LogP contribution in [0.5, 0.6) is 0 Å². The van der Waals surface area contributed by atoms with E-state index in [2.05, 4.69) is 5.32 Å². The molecule has 1 amide bonds. The summed E-state index contributed by atoms with van der Waals surface area (Å²) in [6.07, 6.45) is 0. The van der Waals surface area contributed by atoms with Gasteiger partial charge in [-0.05, 0) is 48.9 Å². The number of anilines is 1. The second-order valence-electron chi connectivity index (χ2n) is 5.88. The average molecular weight is 398 g/mol. The Balaban J connectivity index is 0.00000338. The maximum absolute atomic E-state index is 12.7. The fraction of sp³-hybridized carbons (Fsp3) is 0.278. The summed E-state index contributed by atoms with van der Waals surface area (Å²) >= 11 is 0. The Kier molecular flexibility index (Phi) is 8.08. The van der Waals surface area contributed by atoms with E-state index in [-0.39, 0.29) is 29.1 Å². The van der Waals surface area contributed by atoms with E-state index in [4.69, 9.17) is 5.73 Å². The third-order valence-corrected chi connectivity index (χ3v) is 5.71. The Labute approximate surface area is 160 Å². The molecular formula is C18H24ClN3O3S. The molecule has 0 aromatic heterocycles. The van der Waals surface area contributed by atoms with E-state index in [0.29, 0.717) is 24.3 Å². The molecule has 3 N–H and O–H groups in total. The maximum atomic E-state index is 12.7. The summed E-state index contributed by atoms with van der Waals surface area (Å²) in [7, 11) is -2.18. The summed E-state index contributed by atoms with van der Waals surface area (Å²) in [6, 6.07) is 14.7. The summed E-state index contributed by atoms with van der Waals surface area (Å²) in [5.41, 5.74) is 6.50. The highest BCUT2D eigenvalue weighted by atomic mass is 35.5. The molecule has 2 rings (SSSR count). The Bertz CT molecular complexity index is 811. The molecule has 0 fully saturated rings. The van der Waals surface area contributed by atoms with E-state index < -0.39 is 10.0 Å². The monoisotopic (exact) mass is 397 g/mol. The number of amides is 1. The third kappa shape index (κ3) is 5.20. The van der Waals surface area contributed by atoms with Gasteiger partial charge in [0.05, 0.1) is 10.6 Å². The zero-order valence-electron chi connectivity index (χ0n) is 14.8. The van der Waals surface area contributed by atoms with Crippen molar-refractivity contribution >= 4 is 34.0 Å². The maximum Gasteiger partial charge on any atom is 0.264 e. The van der Waals surface area contributed by atoms with Crippen LogP contribution in [-0.4, -0.2) is 34.5 Å². The molecule has 0 aliphatic carbocycles. The zero-order chi connectivity index (χ0) is 18.4. The highest BCUT2D eigenvalue weighted by Gasteiger charge is 2.21. The lowest BCUT2D eigenvalue weighted by Gasteiger charge is -2.19. The standard InChI is InChI=1S/C18H23N3O3S.ClH/c1-14(12-19)13-20-18(22)15-8-10-17(11-9-15)25(23,24)21(2)16-6-4-3-5-7-16;/h3-11,14H,12-13,19H2,1-2H3,(H,20,22);1H. The molecule has 0 spiro atoms. The molecule has 1 unspecified atom stereocenters. The van der Waals surface area contributed by atoms with Crippen molar-refractivity contribution in [2.45, 2.75) is 11.8 Å². The molecule has 0 aliphatic rings. The molecule has 2 aromatic rings. The van der Waals surface area contributed by atoms with E-state index >= 15 is 0 Å². The predicted octanol–water partition coefficient (Wildman–Crippen LogP) is 2.26. The number of carbonyl (C=O) groups excluding carboxylic acids is 1. The van der Waals surface area contributed by atoms with E-state index in [1.807, 2.05) is 13.0 Å². The highest BCUT2D eigenvalue weighted by molar-refractivity contribution is 7.92. The zero-order valence-corrected chi connectivity index (χ0v) is 16.4. The van der Waals surface area contributed by atoms with Gasteiger partial charge in [-0.25, -0.2) is 8.42 Å². The molecule has 2 aromatic carbocycles. The van der Waals surface area contributed by atoms with Crippen molar-refractivity contribution in [1.29, 1.82) is 0 Å². The summed E-state index contributed by atoms with van der Waals surface area (Å²) in [4.78, 5) is 12.2. The Morgan fingerprint density at radius 1 is 1.12 bits per heavy atom. The Hall–Kier alpha value is -2.09. The first-order chi connectivity index (χ1) is 11.9. The van der Waals surface area contributed by atoms with Crippen molar-refractivity contribution in [3.8, 4) is 0 Å². The van der Waals surface area contributed by atoms with Crippen LogP contribution in [0.4, 0.5) is 5.69 Å². The lowest BCUT2D eigenvalue weighted by molar-refractivity contribution is 0.0948. The summed E-state index contributed by atoms with van der Waals surface area (Å²) in [5.74, 6) is -0.0659. The van der Waals surface area contributed by atoms with Gasteiger partial charge in [0.25, 0.3) is 15.9 Å². The number of hydrogen-bond donors (Lipinski definition) is 2. The fourth-order valence-electron chi connectivity index (χ4n) is 2.17. The SMILES string of the molecule is CC(CN)CNC(=O)c1ccc(S(=O)(=O)N(C)c2ccccc2)cc1.Cl. The van der Waals surface area contributed by atoms with Gasteiger partial charge in [0.15, 0.2) is 0 Å². The molecule has 1 atom stereocenters. The number of halogens is 1. The second-order valence-corrected chi connectivity index (χ2v) is 7.85. The lowest BCUT2D eigenvalue weighted by Crippen LogP contribution is -2.31. The molecule has 142 valence electrons. The van der Waals surface area contributed by atoms with E-state index in [1.165, 1.54) is 35.6 Å².